The van der Waals surface area contributed by atoms with Crippen molar-refractivity contribution in [1.82, 2.24) is 29.1 Å². The van der Waals surface area contributed by atoms with Gasteiger partial charge in [-0.1, -0.05) is 18.2 Å². The van der Waals surface area contributed by atoms with Crippen molar-refractivity contribution in [2.45, 2.75) is 25.4 Å². The highest BCUT2D eigenvalue weighted by Gasteiger charge is 2.29. The second-order valence-electron chi connectivity index (χ2n) is 11.1. The van der Waals surface area contributed by atoms with Crippen LogP contribution in [0.15, 0.2) is 66.5 Å². The number of rotatable bonds is 7. The maximum atomic E-state index is 13.1. The molecular formula is C31H34N8O3S. The molecule has 2 saturated heterocycles. The summed E-state index contributed by atoms with van der Waals surface area (Å²) in [5, 5.41) is 5.74. The van der Waals surface area contributed by atoms with Gasteiger partial charge < -0.3 is 19.9 Å². The van der Waals surface area contributed by atoms with Gasteiger partial charge in [0.1, 0.15) is 34.5 Å². The van der Waals surface area contributed by atoms with Gasteiger partial charge in [0, 0.05) is 61.8 Å². The Balaban J connectivity index is 0.998. The monoisotopic (exact) mass is 598 g/mol. The average Bonchev–Trinajstić information content (AvgIpc) is 3.68. The Kier molecular flexibility index (Phi) is 7.98. The molecule has 1 aromatic carbocycles. The standard InChI is InChI=1S/C31H34N8O3S/c40-31(28-17-22(8-9-32-28)19-37-10-1-3-25(20-37)39-11-2-16-43(39)41)35-24-6-4-23(5-7-24)27-18-26-29(36-27)33-21-34-30(26)38-12-14-42-15-13-38/h2,4-9,16-18,21,25H,1,3,10-15,19-20H2,(H,35,40)(H,33,34,36). The third kappa shape index (κ3) is 6.09. The summed E-state index contributed by atoms with van der Waals surface area (Å²) in [6.07, 6.45) is 7.38. The minimum absolute atomic E-state index is 0.249. The molecule has 3 aliphatic rings. The first-order chi connectivity index (χ1) is 21.1. The van der Waals surface area contributed by atoms with E-state index in [0.29, 0.717) is 24.6 Å². The van der Waals surface area contributed by atoms with Crippen LogP contribution in [-0.4, -0.2) is 91.2 Å². The average molecular weight is 599 g/mol. The molecule has 0 aliphatic carbocycles. The normalized spacial score (nSPS) is 21.4. The quantitative estimate of drug-likeness (QED) is 0.332. The van der Waals surface area contributed by atoms with E-state index >= 15 is 0 Å². The van der Waals surface area contributed by atoms with Crippen molar-refractivity contribution in [2.24, 2.45) is 0 Å². The number of H-pyrrole nitrogens is 1. The van der Waals surface area contributed by atoms with E-state index in [1.807, 2.05) is 42.5 Å². The molecule has 0 spiro atoms. The van der Waals surface area contributed by atoms with Crippen LogP contribution in [0, 0.1) is 0 Å². The number of anilines is 2. The maximum absolute atomic E-state index is 13.1. The maximum Gasteiger partial charge on any atom is 0.274 e. The zero-order valence-electron chi connectivity index (χ0n) is 23.8. The van der Waals surface area contributed by atoms with Crippen LogP contribution in [0.1, 0.15) is 28.9 Å². The fourth-order valence-corrected chi connectivity index (χ4v) is 7.19. The number of fused-ring (bicyclic) bond motifs is 1. The Morgan fingerprint density at radius 2 is 1.93 bits per heavy atom. The molecule has 6 heterocycles. The Bertz CT molecular complexity index is 1670. The predicted molar refractivity (Wildman–Crippen MR) is 167 cm³/mol. The van der Waals surface area contributed by atoms with Gasteiger partial charge in [-0.3, -0.25) is 14.7 Å². The molecule has 1 amide bonds. The molecule has 12 heteroatoms. The van der Waals surface area contributed by atoms with E-state index in [0.717, 1.165) is 85.8 Å². The van der Waals surface area contributed by atoms with Crippen LogP contribution in [0.2, 0.25) is 0 Å². The summed E-state index contributed by atoms with van der Waals surface area (Å²) in [7, 11) is -1.02. The number of morpholine rings is 1. The number of carbonyl (C=O) groups is 1. The number of piperidine rings is 1. The zero-order valence-corrected chi connectivity index (χ0v) is 24.6. The summed E-state index contributed by atoms with van der Waals surface area (Å²) in [5.74, 6) is 0.663. The third-order valence-electron chi connectivity index (χ3n) is 8.25. The van der Waals surface area contributed by atoms with Gasteiger partial charge in [0.25, 0.3) is 5.91 Å². The first-order valence-electron chi connectivity index (χ1n) is 14.7. The zero-order chi connectivity index (χ0) is 29.2. The smallest absolute Gasteiger partial charge is 0.274 e. The molecule has 2 unspecified atom stereocenters. The molecule has 4 aromatic rings. The number of hydrogen-bond acceptors (Lipinski definition) is 8. The van der Waals surface area contributed by atoms with E-state index in [9.17, 15) is 9.00 Å². The van der Waals surface area contributed by atoms with E-state index in [4.69, 9.17) is 4.74 Å². The van der Waals surface area contributed by atoms with E-state index < -0.39 is 11.0 Å². The van der Waals surface area contributed by atoms with Crippen molar-refractivity contribution in [3.63, 3.8) is 0 Å². The van der Waals surface area contributed by atoms with Gasteiger partial charge in [0.15, 0.2) is 0 Å². The van der Waals surface area contributed by atoms with Crippen molar-refractivity contribution >= 4 is 39.4 Å². The van der Waals surface area contributed by atoms with Gasteiger partial charge >= 0.3 is 0 Å². The molecule has 222 valence electrons. The molecule has 0 radical (unpaired) electrons. The molecular weight excluding hydrogens is 564 g/mol. The van der Waals surface area contributed by atoms with Crippen LogP contribution < -0.4 is 10.2 Å². The highest BCUT2D eigenvalue weighted by atomic mass is 32.2. The van der Waals surface area contributed by atoms with Crippen LogP contribution in [0.4, 0.5) is 11.5 Å². The largest absolute Gasteiger partial charge is 0.378 e. The molecule has 0 saturated carbocycles. The number of nitrogens with zero attached hydrogens (tertiary/aromatic N) is 6. The van der Waals surface area contributed by atoms with Crippen LogP contribution in [0.25, 0.3) is 22.3 Å². The lowest BCUT2D eigenvalue weighted by molar-refractivity contribution is 0.102. The van der Waals surface area contributed by atoms with Crippen molar-refractivity contribution in [2.75, 3.05) is 56.2 Å². The van der Waals surface area contributed by atoms with E-state index in [-0.39, 0.29) is 11.9 Å². The number of aromatic nitrogens is 4. The van der Waals surface area contributed by atoms with Crippen molar-refractivity contribution < 1.29 is 13.7 Å². The molecule has 3 aliphatic heterocycles. The van der Waals surface area contributed by atoms with Gasteiger partial charge in [-0.25, -0.2) is 18.5 Å². The van der Waals surface area contributed by atoms with Crippen LogP contribution in [0.5, 0.6) is 0 Å². The second kappa shape index (κ2) is 12.3. The summed E-state index contributed by atoms with van der Waals surface area (Å²) < 4.78 is 19.8. The van der Waals surface area contributed by atoms with E-state index in [1.54, 1.807) is 17.9 Å². The third-order valence-corrected chi connectivity index (χ3v) is 9.58. The van der Waals surface area contributed by atoms with Crippen molar-refractivity contribution in [3.8, 4) is 11.3 Å². The number of amides is 1. The summed E-state index contributed by atoms with van der Waals surface area (Å²) in [6.45, 7) is 6.31. The summed E-state index contributed by atoms with van der Waals surface area (Å²) in [4.78, 5) is 34.4. The molecule has 43 heavy (non-hydrogen) atoms. The summed E-state index contributed by atoms with van der Waals surface area (Å²) >= 11 is 0. The molecule has 11 nitrogen and oxygen atoms in total. The van der Waals surface area contributed by atoms with Gasteiger partial charge in [-0.05, 0) is 60.8 Å². The van der Waals surface area contributed by atoms with Gasteiger partial charge in [-0.15, -0.1) is 0 Å². The number of nitrogens with one attached hydrogen (secondary N) is 2. The minimum atomic E-state index is -1.02. The fraction of sp³-hybridized carbons (Fsp3) is 0.355. The van der Waals surface area contributed by atoms with Crippen molar-refractivity contribution in [1.29, 1.82) is 0 Å². The Labute approximate surface area is 252 Å². The van der Waals surface area contributed by atoms with Gasteiger partial charge in [0.2, 0.25) is 0 Å². The molecule has 3 aromatic heterocycles. The molecule has 7 rings (SSSR count). The first-order valence-corrected chi connectivity index (χ1v) is 15.9. The van der Waals surface area contributed by atoms with Gasteiger partial charge in [0.05, 0.1) is 18.6 Å². The van der Waals surface area contributed by atoms with E-state index in [2.05, 4.69) is 45.4 Å². The number of hydrogen-bond donors (Lipinski definition) is 2. The van der Waals surface area contributed by atoms with Crippen molar-refractivity contribution in [3.05, 3.63) is 77.7 Å². The molecule has 2 fully saturated rings. The van der Waals surface area contributed by atoms with Crippen LogP contribution >= 0.6 is 0 Å². The highest BCUT2D eigenvalue weighted by Crippen LogP contribution is 2.30. The lowest BCUT2D eigenvalue weighted by Crippen LogP contribution is -2.46. The topological polar surface area (TPSA) is 120 Å². The Morgan fingerprint density at radius 3 is 2.74 bits per heavy atom. The number of pyridine rings is 1. The van der Waals surface area contributed by atoms with Crippen LogP contribution in [-0.2, 0) is 22.3 Å². The molecule has 0 bridgehead atoms. The number of carbonyl (C=O) groups excluding carboxylic acids is 1. The lowest BCUT2D eigenvalue weighted by atomic mass is 10.0. The number of likely N-dealkylation sites (tertiary alicyclic amines) is 1. The van der Waals surface area contributed by atoms with Gasteiger partial charge in [-0.2, -0.15) is 0 Å². The molecule has 2 N–H and O–H groups in total. The number of aromatic amines is 1. The SMILES string of the molecule is O=C(Nc1ccc(-c2cc3c(N4CCOCC4)ncnc3[nH]2)cc1)c1cc(CN2CCCC(N3CC=CS3=O)C2)ccn1. The highest BCUT2D eigenvalue weighted by molar-refractivity contribution is 7.85. The summed E-state index contributed by atoms with van der Waals surface area (Å²) in [6, 6.07) is 13.9. The van der Waals surface area contributed by atoms with Crippen LogP contribution in [0.3, 0.4) is 0 Å². The van der Waals surface area contributed by atoms with E-state index in [1.165, 1.54) is 0 Å². The Morgan fingerprint density at radius 1 is 1.07 bits per heavy atom. The Hall–Kier alpha value is -3.97. The summed E-state index contributed by atoms with van der Waals surface area (Å²) in [5.41, 5.74) is 4.82. The lowest BCUT2D eigenvalue weighted by Gasteiger charge is -2.36. The number of ether oxygens (including phenoxy) is 1. The first kappa shape index (κ1) is 27.8. The predicted octanol–water partition coefficient (Wildman–Crippen LogP) is 3.57. The minimum Gasteiger partial charge on any atom is -0.378 e. The second-order valence-corrected chi connectivity index (χ2v) is 12.4. The number of benzene rings is 1. The fourth-order valence-electron chi connectivity index (χ4n) is 6.08. The molecule has 2 atom stereocenters.